The van der Waals surface area contributed by atoms with Crippen molar-refractivity contribution in [3.8, 4) is 11.3 Å². The van der Waals surface area contributed by atoms with Crippen LogP contribution in [0.5, 0.6) is 0 Å². The minimum absolute atomic E-state index is 0.143. The van der Waals surface area contributed by atoms with E-state index in [0.29, 0.717) is 11.5 Å². The predicted molar refractivity (Wildman–Crippen MR) is 80.7 cm³/mol. The van der Waals surface area contributed by atoms with Gasteiger partial charge < -0.3 is 10.6 Å². The van der Waals surface area contributed by atoms with Crippen LogP contribution in [0.4, 0.5) is 16.3 Å². The minimum Gasteiger partial charge on any atom is -0.396 e. The van der Waals surface area contributed by atoms with Gasteiger partial charge in [0, 0.05) is 31.9 Å². The van der Waals surface area contributed by atoms with E-state index in [1.807, 2.05) is 19.3 Å². The summed E-state index contributed by atoms with van der Waals surface area (Å²) < 4.78 is 1.70. The van der Waals surface area contributed by atoms with Crippen LogP contribution in [-0.4, -0.2) is 38.8 Å². The molecule has 2 amide bonds. The van der Waals surface area contributed by atoms with Gasteiger partial charge in [0.15, 0.2) is 5.82 Å². The molecule has 3 heterocycles. The number of carbonyl (C=O) groups excluding carboxylic acids is 1. The van der Waals surface area contributed by atoms with Gasteiger partial charge in [0.05, 0.1) is 17.6 Å². The molecule has 0 radical (unpaired) electrons. The average molecular weight is 286 g/mol. The number of aryl methyl sites for hydroxylation is 1. The number of nitrogens with one attached hydrogen (secondary N) is 1. The van der Waals surface area contributed by atoms with Gasteiger partial charge in [-0.25, -0.2) is 9.78 Å². The Bertz CT molecular complexity index is 659. The first kappa shape index (κ1) is 13.4. The third-order valence-electron chi connectivity index (χ3n) is 3.55. The number of hydrogen-bond donors (Lipinski definition) is 2. The van der Waals surface area contributed by atoms with E-state index < -0.39 is 0 Å². The Morgan fingerprint density at radius 2 is 2.10 bits per heavy atom. The summed E-state index contributed by atoms with van der Waals surface area (Å²) in [5.41, 5.74) is 7.97. The maximum absolute atomic E-state index is 12.1. The molecule has 2 aromatic heterocycles. The highest BCUT2D eigenvalue weighted by Crippen LogP contribution is 2.23. The van der Waals surface area contributed by atoms with Crippen LogP contribution in [0.15, 0.2) is 24.5 Å². The van der Waals surface area contributed by atoms with Gasteiger partial charge in [-0.2, -0.15) is 5.10 Å². The van der Waals surface area contributed by atoms with Crippen LogP contribution in [-0.2, 0) is 7.05 Å². The van der Waals surface area contributed by atoms with Crippen LogP contribution in [0.2, 0.25) is 0 Å². The summed E-state index contributed by atoms with van der Waals surface area (Å²) in [6.45, 7) is 1.57. The van der Waals surface area contributed by atoms with E-state index in [0.717, 1.165) is 37.2 Å². The fourth-order valence-electron chi connectivity index (χ4n) is 2.38. The summed E-state index contributed by atoms with van der Waals surface area (Å²) in [6.07, 6.45) is 5.69. The number of carbonyl (C=O) groups is 1. The Morgan fingerprint density at radius 1 is 1.33 bits per heavy atom. The average Bonchev–Trinajstić information content (AvgIpc) is 3.12. The van der Waals surface area contributed by atoms with E-state index in [2.05, 4.69) is 15.4 Å². The molecular weight excluding hydrogens is 268 g/mol. The van der Waals surface area contributed by atoms with Gasteiger partial charge in [0.25, 0.3) is 0 Å². The number of pyridine rings is 1. The Labute approximate surface area is 122 Å². The Hall–Kier alpha value is -2.57. The molecule has 0 spiro atoms. The molecule has 0 unspecified atom stereocenters. The topological polar surface area (TPSA) is 89.1 Å². The second-order valence-electron chi connectivity index (χ2n) is 5.16. The van der Waals surface area contributed by atoms with Crippen molar-refractivity contribution < 1.29 is 4.79 Å². The van der Waals surface area contributed by atoms with Crippen LogP contribution >= 0.6 is 0 Å². The third kappa shape index (κ3) is 2.81. The fraction of sp³-hybridized carbons (Fsp3) is 0.357. The van der Waals surface area contributed by atoms with Crippen molar-refractivity contribution in [3.05, 3.63) is 24.5 Å². The first-order valence-electron chi connectivity index (χ1n) is 6.95. The second kappa shape index (κ2) is 5.43. The molecule has 1 aliphatic rings. The number of nitrogens with zero attached hydrogens (tertiary/aromatic N) is 4. The molecule has 110 valence electrons. The van der Waals surface area contributed by atoms with Crippen LogP contribution in [0.25, 0.3) is 11.3 Å². The van der Waals surface area contributed by atoms with Gasteiger partial charge in [-0.15, -0.1) is 0 Å². The van der Waals surface area contributed by atoms with Crippen molar-refractivity contribution in [1.29, 1.82) is 0 Å². The number of amides is 2. The number of urea groups is 1. The van der Waals surface area contributed by atoms with Crippen LogP contribution in [0.1, 0.15) is 12.8 Å². The molecule has 1 aliphatic heterocycles. The van der Waals surface area contributed by atoms with Crippen molar-refractivity contribution in [1.82, 2.24) is 19.7 Å². The second-order valence-corrected chi connectivity index (χ2v) is 5.16. The maximum atomic E-state index is 12.1. The molecule has 7 nitrogen and oxygen atoms in total. The molecular formula is C14H18N6O. The van der Waals surface area contributed by atoms with Crippen molar-refractivity contribution in [3.63, 3.8) is 0 Å². The van der Waals surface area contributed by atoms with Gasteiger partial charge in [-0.05, 0) is 25.0 Å². The minimum atomic E-state index is -0.143. The third-order valence-corrected chi connectivity index (χ3v) is 3.55. The number of nitrogen functional groups attached to an aromatic ring is 1. The first-order chi connectivity index (χ1) is 10.1. The molecule has 0 saturated carbocycles. The zero-order chi connectivity index (χ0) is 14.8. The fourth-order valence-corrected chi connectivity index (χ4v) is 2.38. The summed E-state index contributed by atoms with van der Waals surface area (Å²) in [6, 6.07) is 3.42. The maximum Gasteiger partial charge on any atom is 0.323 e. The summed E-state index contributed by atoms with van der Waals surface area (Å²) in [4.78, 5) is 18.3. The zero-order valence-electron chi connectivity index (χ0n) is 11.9. The summed E-state index contributed by atoms with van der Waals surface area (Å²) in [7, 11) is 1.84. The highest BCUT2D eigenvalue weighted by atomic mass is 16.2. The van der Waals surface area contributed by atoms with E-state index in [-0.39, 0.29) is 6.03 Å². The Morgan fingerprint density at radius 3 is 2.76 bits per heavy atom. The molecule has 3 N–H and O–H groups in total. The lowest BCUT2D eigenvalue weighted by atomic mass is 10.2. The highest BCUT2D eigenvalue weighted by Gasteiger charge is 2.19. The van der Waals surface area contributed by atoms with Gasteiger partial charge in [-0.3, -0.25) is 10.00 Å². The van der Waals surface area contributed by atoms with E-state index in [1.165, 1.54) is 0 Å². The lowest BCUT2D eigenvalue weighted by Crippen LogP contribution is -2.32. The van der Waals surface area contributed by atoms with Crippen LogP contribution in [0, 0.1) is 0 Å². The van der Waals surface area contributed by atoms with E-state index in [9.17, 15) is 4.79 Å². The Kier molecular flexibility index (Phi) is 3.47. The molecule has 2 aromatic rings. The number of nitrogens with two attached hydrogens (primary N) is 1. The van der Waals surface area contributed by atoms with Gasteiger partial charge in [0.2, 0.25) is 0 Å². The van der Waals surface area contributed by atoms with Crippen LogP contribution < -0.4 is 11.1 Å². The largest absolute Gasteiger partial charge is 0.396 e. The Balaban J connectivity index is 1.82. The van der Waals surface area contributed by atoms with Gasteiger partial charge in [0.1, 0.15) is 0 Å². The lowest BCUT2D eigenvalue weighted by molar-refractivity contribution is 0.222. The van der Waals surface area contributed by atoms with Crippen molar-refractivity contribution in [2.45, 2.75) is 12.8 Å². The van der Waals surface area contributed by atoms with Gasteiger partial charge in [-0.1, -0.05) is 0 Å². The van der Waals surface area contributed by atoms with Crippen molar-refractivity contribution >= 4 is 17.5 Å². The quantitative estimate of drug-likeness (QED) is 0.879. The summed E-state index contributed by atoms with van der Waals surface area (Å²) in [5.74, 6) is 0.397. The molecule has 7 heteroatoms. The SMILES string of the molecule is Cn1cc(-c2ccc(N)c(NC(=O)N3CCCC3)n2)cn1. The first-order valence-corrected chi connectivity index (χ1v) is 6.95. The molecule has 1 saturated heterocycles. The molecule has 1 fully saturated rings. The number of aromatic nitrogens is 3. The predicted octanol–water partition coefficient (Wildman–Crippen LogP) is 1.69. The molecule has 0 atom stereocenters. The number of hydrogen-bond acceptors (Lipinski definition) is 4. The molecule has 3 rings (SSSR count). The molecule has 0 aliphatic carbocycles. The molecule has 0 aromatic carbocycles. The normalized spacial score (nSPS) is 14.4. The van der Waals surface area contributed by atoms with E-state index >= 15 is 0 Å². The smallest absolute Gasteiger partial charge is 0.323 e. The van der Waals surface area contributed by atoms with Gasteiger partial charge >= 0.3 is 6.03 Å². The summed E-state index contributed by atoms with van der Waals surface area (Å²) in [5, 5.41) is 6.91. The standard InChI is InChI=1S/C14H18N6O/c1-19-9-10(8-16-19)12-5-4-11(15)13(17-12)18-14(21)20-6-2-3-7-20/h4-5,8-9H,2-3,6-7,15H2,1H3,(H,17,18,21). The molecule has 0 bridgehead atoms. The van der Waals surface area contributed by atoms with Crippen molar-refractivity contribution in [2.75, 3.05) is 24.1 Å². The number of anilines is 2. The number of rotatable bonds is 2. The van der Waals surface area contributed by atoms with E-state index in [4.69, 9.17) is 5.73 Å². The lowest BCUT2D eigenvalue weighted by Gasteiger charge is -2.16. The zero-order valence-corrected chi connectivity index (χ0v) is 11.9. The van der Waals surface area contributed by atoms with Crippen molar-refractivity contribution in [2.24, 2.45) is 7.05 Å². The monoisotopic (exact) mass is 286 g/mol. The summed E-state index contributed by atoms with van der Waals surface area (Å²) >= 11 is 0. The number of likely N-dealkylation sites (tertiary alicyclic amines) is 1. The van der Waals surface area contributed by atoms with Crippen LogP contribution in [0.3, 0.4) is 0 Å². The highest BCUT2D eigenvalue weighted by molar-refractivity contribution is 5.91. The molecule has 21 heavy (non-hydrogen) atoms. The van der Waals surface area contributed by atoms with E-state index in [1.54, 1.807) is 21.8 Å².